The van der Waals surface area contributed by atoms with Gasteiger partial charge < -0.3 is 9.42 Å². The van der Waals surface area contributed by atoms with Crippen LogP contribution in [0.3, 0.4) is 0 Å². The van der Waals surface area contributed by atoms with Gasteiger partial charge >= 0.3 is 0 Å². The molecule has 0 aliphatic carbocycles. The maximum absolute atomic E-state index is 12.6. The third kappa shape index (κ3) is 3.67. The van der Waals surface area contributed by atoms with Crippen molar-refractivity contribution in [3.63, 3.8) is 0 Å². The van der Waals surface area contributed by atoms with Crippen LogP contribution in [0.2, 0.25) is 0 Å². The van der Waals surface area contributed by atoms with Crippen molar-refractivity contribution in [2.45, 2.75) is 39.7 Å². The van der Waals surface area contributed by atoms with Crippen LogP contribution in [-0.2, 0) is 12.0 Å². The van der Waals surface area contributed by atoms with Crippen molar-refractivity contribution in [1.82, 2.24) is 25.2 Å². The summed E-state index contributed by atoms with van der Waals surface area (Å²) in [6.45, 7) is 12.0. The minimum atomic E-state index is -0.0417. The van der Waals surface area contributed by atoms with Gasteiger partial charge in [0.2, 0.25) is 0 Å². The minimum absolute atomic E-state index is 0.00122. The lowest BCUT2D eigenvalue weighted by atomic mass is 9.92. The van der Waals surface area contributed by atoms with Crippen LogP contribution in [0.5, 0.6) is 0 Å². The van der Waals surface area contributed by atoms with Gasteiger partial charge in [0.05, 0.1) is 5.69 Å². The van der Waals surface area contributed by atoms with Gasteiger partial charge in [0.1, 0.15) is 11.5 Å². The van der Waals surface area contributed by atoms with Crippen molar-refractivity contribution in [1.29, 1.82) is 0 Å². The highest BCUT2D eigenvalue weighted by Crippen LogP contribution is 2.21. The molecule has 0 bridgehead atoms. The molecule has 1 amide bonds. The molecule has 1 N–H and O–H groups in total. The number of amides is 1. The normalized spacial score (nSPS) is 16.6. The molecule has 0 radical (unpaired) electrons. The maximum atomic E-state index is 12.6. The summed E-state index contributed by atoms with van der Waals surface area (Å²) >= 11 is 0. The molecule has 3 heterocycles. The molecule has 0 spiro atoms. The smallest absolute Gasteiger partial charge is 0.274 e. The van der Waals surface area contributed by atoms with Gasteiger partial charge in [-0.3, -0.25) is 14.8 Å². The van der Waals surface area contributed by atoms with E-state index in [0.717, 1.165) is 36.8 Å². The Kier molecular flexibility index (Phi) is 4.45. The van der Waals surface area contributed by atoms with Crippen molar-refractivity contribution in [2.24, 2.45) is 0 Å². The van der Waals surface area contributed by atoms with E-state index in [0.29, 0.717) is 18.8 Å². The summed E-state index contributed by atoms with van der Waals surface area (Å²) in [4.78, 5) is 16.8. The number of rotatable bonds is 3. The summed E-state index contributed by atoms with van der Waals surface area (Å²) in [5.41, 5.74) is 2.38. The van der Waals surface area contributed by atoms with Gasteiger partial charge in [-0.15, -0.1) is 0 Å². The van der Waals surface area contributed by atoms with Crippen LogP contribution in [0.25, 0.3) is 0 Å². The number of aryl methyl sites for hydroxylation is 1. The molecule has 1 fully saturated rings. The number of piperazine rings is 1. The molecule has 130 valence electrons. The average molecular weight is 331 g/mol. The van der Waals surface area contributed by atoms with Gasteiger partial charge in [-0.25, -0.2) is 0 Å². The highest BCUT2D eigenvalue weighted by atomic mass is 16.5. The molecule has 0 atom stereocenters. The fraction of sp³-hybridized carbons (Fsp3) is 0.588. The second-order valence-electron chi connectivity index (χ2n) is 7.41. The lowest BCUT2D eigenvalue weighted by molar-refractivity contribution is 0.0620. The number of H-pyrrole nitrogens is 1. The van der Waals surface area contributed by atoms with E-state index in [1.807, 2.05) is 24.0 Å². The number of aromatic nitrogens is 3. The molecule has 1 aliphatic heterocycles. The molecule has 2 aromatic heterocycles. The first-order valence-electron chi connectivity index (χ1n) is 8.32. The van der Waals surface area contributed by atoms with Gasteiger partial charge in [-0.2, -0.15) is 5.10 Å². The number of carbonyl (C=O) groups excluding carboxylic acids is 1. The Bertz CT molecular complexity index is 705. The summed E-state index contributed by atoms with van der Waals surface area (Å²) in [6, 6.07) is 3.82. The number of hydrogen-bond acceptors (Lipinski definition) is 5. The van der Waals surface area contributed by atoms with Crippen LogP contribution in [-0.4, -0.2) is 57.2 Å². The molecule has 7 heteroatoms. The summed E-state index contributed by atoms with van der Waals surface area (Å²) < 4.78 is 5.10. The van der Waals surface area contributed by atoms with E-state index in [1.54, 1.807) is 0 Å². The number of nitrogens with one attached hydrogen (secondary N) is 1. The Morgan fingerprint density at radius 1 is 1.25 bits per heavy atom. The SMILES string of the molecule is Cc1cc(CN2CCN(C(=O)c3cc(C(C)(C)C)[nH]n3)CC2)no1. The Hall–Kier alpha value is -2.15. The molecule has 1 aliphatic rings. The molecule has 3 rings (SSSR count). The van der Waals surface area contributed by atoms with Crippen molar-refractivity contribution in [2.75, 3.05) is 26.2 Å². The van der Waals surface area contributed by atoms with E-state index < -0.39 is 0 Å². The number of aromatic amines is 1. The Balaban J connectivity index is 1.56. The predicted molar refractivity (Wildman–Crippen MR) is 89.7 cm³/mol. The highest BCUT2D eigenvalue weighted by molar-refractivity contribution is 5.92. The maximum Gasteiger partial charge on any atom is 0.274 e. The topological polar surface area (TPSA) is 78.3 Å². The van der Waals surface area contributed by atoms with Crippen molar-refractivity contribution < 1.29 is 9.32 Å². The van der Waals surface area contributed by atoms with Crippen LogP contribution < -0.4 is 0 Å². The zero-order valence-electron chi connectivity index (χ0n) is 14.8. The van der Waals surface area contributed by atoms with Crippen molar-refractivity contribution in [3.8, 4) is 0 Å². The van der Waals surface area contributed by atoms with Gasteiger partial charge in [-0.1, -0.05) is 25.9 Å². The first-order chi connectivity index (χ1) is 11.3. The molecule has 7 nitrogen and oxygen atoms in total. The first kappa shape index (κ1) is 16.7. The molecule has 0 saturated carbocycles. The number of nitrogens with zero attached hydrogens (tertiary/aromatic N) is 4. The minimum Gasteiger partial charge on any atom is -0.361 e. The molecule has 0 unspecified atom stereocenters. The van der Waals surface area contributed by atoms with Crippen molar-refractivity contribution >= 4 is 5.91 Å². The van der Waals surface area contributed by atoms with E-state index in [1.165, 1.54) is 0 Å². The lowest BCUT2D eigenvalue weighted by Gasteiger charge is -2.33. The fourth-order valence-corrected chi connectivity index (χ4v) is 2.81. The predicted octanol–water partition coefficient (Wildman–Crippen LogP) is 1.96. The first-order valence-corrected chi connectivity index (χ1v) is 8.32. The quantitative estimate of drug-likeness (QED) is 0.930. The summed E-state index contributed by atoms with van der Waals surface area (Å²) in [5, 5.41) is 11.2. The second kappa shape index (κ2) is 6.39. The standard InChI is InChI=1S/C17H25N5O2/c1-12-9-13(20-24-12)11-21-5-7-22(8-6-21)16(23)14-10-15(19-18-14)17(2,3)4/h9-10H,5-8,11H2,1-4H3,(H,18,19). The number of carbonyl (C=O) groups is 1. The molecule has 24 heavy (non-hydrogen) atoms. The van der Waals surface area contributed by atoms with E-state index >= 15 is 0 Å². The van der Waals surface area contributed by atoms with E-state index in [9.17, 15) is 4.79 Å². The van der Waals surface area contributed by atoms with Gasteiger partial charge in [0, 0.05) is 49.9 Å². The van der Waals surface area contributed by atoms with Crippen LogP contribution in [0.4, 0.5) is 0 Å². The van der Waals surface area contributed by atoms with E-state index in [2.05, 4.69) is 41.0 Å². The zero-order valence-corrected chi connectivity index (χ0v) is 14.8. The zero-order chi connectivity index (χ0) is 17.3. The summed E-state index contributed by atoms with van der Waals surface area (Å²) in [6.07, 6.45) is 0. The monoisotopic (exact) mass is 331 g/mol. The largest absolute Gasteiger partial charge is 0.361 e. The van der Waals surface area contributed by atoms with Crippen LogP contribution in [0.1, 0.15) is 48.4 Å². The molecule has 0 aromatic carbocycles. The van der Waals surface area contributed by atoms with Gasteiger partial charge in [-0.05, 0) is 13.0 Å². The average Bonchev–Trinajstić information content (AvgIpc) is 3.16. The third-order valence-corrected chi connectivity index (χ3v) is 4.33. The second-order valence-corrected chi connectivity index (χ2v) is 7.41. The molecular weight excluding hydrogens is 306 g/mol. The molecule has 2 aromatic rings. The van der Waals surface area contributed by atoms with Crippen LogP contribution in [0.15, 0.2) is 16.7 Å². The van der Waals surface area contributed by atoms with Crippen LogP contribution >= 0.6 is 0 Å². The Morgan fingerprint density at radius 2 is 1.96 bits per heavy atom. The Labute approximate surface area is 142 Å². The lowest BCUT2D eigenvalue weighted by Crippen LogP contribution is -2.48. The molecule has 1 saturated heterocycles. The highest BCUT2D eigenvalue weighted by Gasteiger charge is 2.26. The van der Waals surface area contributed by atoms with E-state index in [-0.39, 0.29) is 11.3 Å². The summed E-state index contributed by atoms with van der Waals surface area (Å²) in [5.74, 6) is 0.825. The molecular formula is C17H25N5O2. The fourth-order valence-electron chi connectivity index (χ4n) is 2.81. The Morgan fingerprint density at radius 3 is 2.50 bits per heavy atom. The van der Waals surface area contributed by atoms with Crippen molar-refractivity contribution in [3.05, 3.63) is 35.0 Å². The van der Waals surface area contributed by atoms with Gasteiger partial charge in [0.25, 0.3) is 5.91 Å². The number of hydrogen-bond donors (Lipinski definition) is 1. The van der Waals surface area contributed by atoms with Gasteiger partial charge in [0.15, 0.2) is 0 Å². The third-order valence-electron chi connectivity index (χ3n) is 4.33. The summed E-state index contributed by atoms with van der Waals surface area (Å²) in [7, 11) is 0. The van der Waals surface area contributed by atoms with Crippen LogP contribution in [0, 0.1) is 6.92 Å². The van der Waals surface area contributed by atoms with E-state index in [4.69, 9.17) is 4.52 Å².